The van der Waals surface area contributed by atoms with Crippen LogP contribution in [0.5, 0.6) is 0 Å². The second kappa shape index (κ2) is 5.12. The van der Waals surface area contributed by atoms with E-state index < -0.39 is 0 Å². The molecule has 6 rings (SSSR count). The molecule has 3 heteroatoms. The molecule has 1 aliphatic rings. The average molecular weight is 401 g/mol. The molecule has 5 aromatic rings. The summed E-state index contributed by atoms with van der Waals surface area (Å²) in [6.07, 6.45) is 4.17. The van der Waals surface area contributed by atoms with Gasteiger partial charge in [0.15, 0.2) is 0 Å². The number of hydrogen-bond acceptors (Lipinski definition) is 2. The van der Waals surface area contributed by atoms with Gasteiger partial charge < -0.3 is 8.83 Å². The zero-order chi connectivity index (χ0) is 17.3. The summed E-state index contributed by atoms with van der Waals surface area (Å²) in [4.78, 5) is 0.181. The number of rotatable bonds is 1. The number of alkyl halides is 1. The Kier molecular flexibility index (Phi) is 2.83. The molecule has 3 aromatic carbocycles. The molecule has 0 amide bonds. The fourth-order valence-electron chi connectivity index (χ4n) is 4.08. The molecule has 0 radical (unpaired) electrons. The van der Waals surface area contributed by atoms with Crippen molar-refractivity contribution in [2.45, 2.75) is 4.83 Å². The maximum Gasteiger partial charge on any atom is 0.136 e. The van der Waals surface area contributed by atoms with Crippen molar-refractivity contribution in [1.29, 1.82) is 0 Å². The fraction of sp³-hybridized carbons (Fsp3) is 0.0435. The lowest BCUT2D eigenvalue weighted by molar-refractivity contribution is 0.602. The highest BCUT2D eigenvalue weighted by atomic mass is 79.9. The molecule has 2 aromatic heterocycles. The average Bonchev–Trinajstić information content (AvgIpc) is 3.33. The van der Waals surface area contributed by atoms with Crippen LogP contribution in [0.4, 0.5) is 0 Å². The van der Waals surface area contributed by atoms with Crippen molar-refractivity contribution < 1.29 is 8.83 Å². The van der Waals surface area contributed by atoms with Crippen LogP contribution in [0.1, 0.15) is 16.2 Å². The summed E-state index contributed by atoms with van der Waals surface area (Å²) in [5.74, 6) is 0.943. The Morgan fingerprint density at radius 2 is 1.38 bits per heavy atom. The molecule has 2 nitrogen and oxygen atoms in total. The normalized spacial score (nSPS) is 16.1. The van der Waals surface area contributed by atoms with E-state index in [4.69, 9.17) is 8.83 Å². The van der Waals surface area contributed by atoms with Crippen LogP contribution >= 0.6 is 15.9 Å². The fourth-order valence-corrected chi connectivity index (χ4v) is 4.69. The number of halogens is 1. The van der Waals surface area contributed by atoms with Gasteiger partial charge in [-0.05, 0) is 35.4 Å². The van der Waals surface area contributed by atoms with Crippen LogP contribution in [0.3, 0.4) is 0 Å². The van der Waals surface area contributed by atoms with E-state index in [9.17, 15) is 0 Å². The Hall–Kier alpha value is -2.78. The molecule has 1 unspecified atom stereocenters. The predicted octanol–water partition coefficient (Wildman–Crippen LogP) is 7.46. The highest BCUT2D eigenvalue weighted by molar-refractivity contribution is 9.09. The van der Waals surface area contributed by atoms with E-state index in [-0.39, 0.29) is 4.83 Å². The smallest absolute Gasteiger partial charge is 0.136 e. The van der Waals surface area contributed by atoms with Gasteiger partial charge in [-0.25, -0.2) is 0 Å². The lowest BCUT2D eigenvalue weighted by atomic mass is 9.94. The van der Waals surface area contributed by atoms with E-state index in [1.165, 1.54) is 22.1 Å². The van der Waals surface area contributed by atoms with Crippen LogP contribution in [0.2, 0.25) is 0 Å². The standard InChI is InChI=1S/C23H13BrO2/c24-16-11-12-20-23(16)22-14(7-4-10-19(22)26-20)13-6-3-9-18-21(13)15-5-1-2-8-17(15)25-18/h1-12,16H. The van der Waals surface area contributed by atoms with Gasteiger partial charge in [-0.1, -0.05) is 64.5 Å². The first-order valence-electron chi connectivity index (χ1n) is 8.59. The third kappa shape index (κ3) is 1.81. The summed E-state index contributed by atoms with van der Waals surface area (Å²) in [5, 5.41) is 3.47. The van der Waals surface area contributed by atoms with Crippen LogP contribution in [0.15, 0.2) is 75.6 Å². The summed E-state index contributed by atoms with van der Waals surface area (Å²) < 4.78 is 12.2. The molecular weight excluding hydrogens is 388 g/mol. The van der Waals surface area contributed by atoms with E-state index in [2.05, 4.69) is 58.4 Å². The lowest BCUT2D eigenvalue weighted by Crippen LogP contribution is -1.86. The number of hydrogen-bond donors (Lipinski definition) is 0. The highest BCUT2D eigenvalue weighted by Crippen LogP contribution is 2.47. The first kappa shape index (κ1) is 14.4. The van der Waals surface area contributed by atoms with Gasteiger partial charge in [0.25, 0.3) is 0 Å². The molecule has 0 saturated heterocycles. The second-order valence-electron chi connectivity index (χ2n) is 6.60. The third-order valence-corrected chi connectivity index (χ3v) is 5.93. The number of furan rings is 2. The SMILES string of the molecule is BrC1C=Cc2oc3cccc(-c4cccc5oc6ccccc6c45)c3c21. The van der Waals surface area contributed by atoms with Crippen molar-refractivity contribution in [1.82, 2.24) is 0 Å². The minimum atomic E-state index is 0.181. The van der Waals surface area contributed by atoms with Crippen molar-refractivity contribution >= 4 is 54.9 Å². The number of fused-ring (bicyclic) bond motifs is 6. The number of para-hydroxylation sites is 1. The van der Waals surface area contributed by atoms with Crippen LogP contribution in [0, 0.1) is 0 Å². The van der Waals surface area contributed by atoms with Gasteiger partial charge in [0.05, 0.1) is 4.83 Å². The minimum absolute atomic E-state index is 0.181. The Morgan fingerprint density at radius 1 is 0.692 bits per heavy atom. The van der Waals surface area contributed by atoms with E-state index in [1.54, 1.807) is 0 Å². The van der Waals surface area contributed by atoms with E-state index in [0.717, 1.165) is 33.3 Å². The monoisotopic (exact) mass is 400 g/mol. The van der Waals surface area contributed by atoms with Crippen LogP contribution in [0.25, 0.3) is 50.1 Å². The van der Waals surface area contributed by atoms with Gasteiger partial charge in [0.1, 0.15) is 22.5 Å². The topological polar surface area (TPSA) is 26.3 Å². The van der Waals surface area contributed by atoms with Crippen molar-refractivity contribution in [2.24, 2.45) is 0 Å². The number of benzene rings is 3. The van der Waals surface area contributed by atoms with Crippen LogP contribution < -0.4 is 0 Å². The summed E-state index contributed by atoms with van der Waals surface area (Å²) in [5.41, 5.74) is 6.31. The summed E-state index contributed by atoms with van der Waals surface area (Å²) in [7, 11) is 0. The van der Waals surface area contributed by atoms with Gasteiger partial charge in [-0.3, -0.25) is 0 Å². The zero-order valence-electron chi connectivity index (χ0n) is 13.7. The predicted molar refractivity (Wildman–Crippen MR) is 110 cm³/mol. The maximum atomic E-state index is 6.08. The van der Waals surface area contributed by atoms with Crippen molar-refractivity contribution in [3.05, 3.63) is 78.1 Å². The molecule has 1 aliphatic carbocycles. The molecule has 0 spiro atoms. The lowest BCUT2D eigenvalue weighted by Gasteiger charge is -2.08. The highest BCUT2D eigenvalue weighted by Gasteiger charge is 2.25. The van der Waals surface area contributed by atoms with Gasteiger partial charge in [-0.2, -0.15) is 0 Å². The van der Waals surface area contributed by atoms with Gasteiger partial charge in [0.2, 0.25) is 0 Å². The van der Waals surface area contributed by atoms with Crippen molar-refractivity contribution in [3.8, 4) is 11.1 Å². The van der Waals surface area contributed by atoms with Crippen molar-refractivity contribution in [3.63, 3.8) is 0 Å². The molecule has 124 valence electrons. The Morgan fingerprint density at radius 3 is 2.23 bits per heavy atom. The maximum absolute atomic E-state index is 6.08. The minimum Gasteiger partial charge on any atom is -0.456 e. The molecule has 2 heterocycles. The molecule has 0 fully saturated rings. The molecule has 26 heavy (non-hydrogen) atoms. The largest absolute Gasteiger partial charge is 0.456 e. The second-order valence-corrected chi connectivity index (χ2v) is 7.58. The summed E-state index contributed by atoms with van der Waals surface area (Å²) >= 11 is 3.76. The first-order valence-corrected chi connectivity index (χ1v) is 9.51. The van der Waals surface area contributed by atoms with E-state index >= 15 is 0 Å². The Balaban J connectivity index is 1.78. The van der Waals surface area contributed by atoms with Gasteiger partial charge >= 0.3 is 0 Å². The van der Waals surface area contributed by atoms with Crippen LogP contribution in [-0.2, 0) is 0 Å². The quantitative estimate of drug-likeness (QED) is 0.273. The zero-order valence-corrected chi connectivity index (χ0v) is 15.3. The summed E-state index contributed by atoms with van der Waals surface area (Å²) in [6, 6.07) is 20.8. The third-order valence-electron chi connectivity index (χ3n) is 5.17. The first-order chi connectivity index (χ1) is 12.8. The molecule has 0 aliphatic heterocycles. The molecule has 0 saturated carbocycles. The van der Waals surface area contributed by atoms with Crippen molar-refractivity contribution in [2.75, 3.05) is 0 Å². The Labute approximate surface area is 157 Å². The molecule has 1 atom stereocenters. The number of allylic oxidation sites excluding steroid dienone is 1. The van der Waals surface area contributed by atoms with E-state index in [1.807, 2.05) is 30.3 Å². The summed E-state index contributed by atoms with van der Waals surface area (Å²) in [6.45, 7) is 0. The van der Waals surface area contributed by atoms with E-state index in [0.29, 0.717) is 0 Å². The van der Waals surface area contributed by atoms with Gasteiger partial charge in [-0.15, -0.1) is 0 Å². The van der Waals surface area contributed by atoms with Gasteiger partial charge in [0, 0.05) is 21.7 Å². The molecular formula is C23H13BrO2. The Bertz CT molecular complexity index is 1350. The molecule has 0 bridgehead atoms. The van der Waals surface area contributed by atoms with Crippen LogP contribution in [-0.4, -0.2) is 0 Å². The molecule has 0 N–H and O–H groups in total.